The van der Waals surface area contributed by atoms with Crippen molar-refractivity contribution in [2.45, 2.75) is 52.7 Å². The van der Waals surface area contributed by atoms with Gasteiger partial charge in [-0.25, -0.2) is 0 Å². The highest BCUT2D eigenvalue weighted by Crippen LogP contribution is 2.20. The Morgan fingerprint density at radius 3 is 2.73 bits per heavy atom. The van der Waals surface area contributed by atoms with Crippen LogP contribution in [0, 0.1) is 5.92 Å². The molecule has 15 heavy (non-hydrogen) atoms. The Morgan fingerprint density at radius 2 is 2.13 bits per heavy atom. The first-order chi connectivity index (χ1) is 7.15. The van der Waals surface area contributed by atoms with Crippen molar-refractivity contribution in [1.29, 1.82) is 0 Å². The van der Waals surface area contributed by atoms with E-state index in [2.05, 4.69) is 25.9 Å². The lowest BCUT2D eigenvalue weighted by molar-refractivity contribution is 0.148. The van der Waals surface area contributed by atoms with Gasteiger partial charge in [0.1, 0.15) is 0 Å². The highest BCUT2D eigenvalue weighted by atomic mass is 16.3. The summed E-state index contributed by atoms with van der Waals surface area (Å²) in [5, 5.41) is 14.2. The van der Waals surface area contributed by atoms with E-state index >= 15 is 0 Å². The predicted octanol–water partition coefficient (Wildman–Crippen LogP) is 2.76. The molecular weight excluding hydrogens is 188 g/mol. The number of hydrogen-bond acceptors (Lipinski definition) is 2. The lowest BCUT2D eigenvalue weighted by atomic mass is 10.0. The minimum atomic E-state index is -0.360. The van der Waals surface area contributed by atoms with E-state index in [0.717, 1.165) is 31.5 Å². The maximum absolute atomic E-state index is 10.0. The molecule has 0 aromatic carbocycles. The number of rotatable bonds is 6. The van der Waals surface area contributed by atoms with Gasteiger partial charge in [0, 0.05) is 12.7 Å². The molecule has 0 aliphatic carbocycles. The number of aromatic nitrogens is 2. The molecule has 1 atom stereocenters. The van der Waals surface area contributed by atoms with Crippen LogP contribution >= 0.6 is 0 Å². The SMILES string of the molecule is CCCn1nccc1C(O)CCC(C)C. The zero-order chi connectivity index (χ0) is 11.3. The third kappa shape index (κ3) is 3.67. The fourth-order valence-electron chi connectivity index (χ4n) is 1.66. The maximum Gasteiger partial charge on any atom is 0.0956 e. The van der Waals surface area contributed by atoms with Crippen LogP contribution in [0.4, 0.5) is 0 Å². The van der Waals surface area contributed by atoms with Crippen LogP contribution in [0.2, 0.25) is 0 Å². The molecule has 0 radical (unpaired) electrons. The summed E-state index contributed by atoms with van der Waals surface area (Å²) in [7, 11) is 0. The molecule has 1 heterocycles. The van der Waals surface area contributed by atoms with E-state index in [-0.39, 0.29) is 6.10 Å². The largest absolute Gasteiger partial charge is 0.387 e. The van der Waals surface area contributed by atoms with Gasteiger partial charge in [-0.3, -0.25) is 4.68 Å². The van der Waals surface area contributed by atoms with Gasteiger partial charge < -0.3 is 5.11 Å². The monoisotopic (exact) mass is 210 g/mol. The average Bonchev–Trinajstić information content (AvgIpc) is 2.63. The Bertz CT molecular complexity index is 281. The first-order valence-corrected chi connectivity index (χ1v) is 5.85. The highest BCUT2D eigenvalue weighted by molar-refractivity contribution is 5.04. The molecule has 0 aliphatic rings. The van der Waals surface area contributed by atoms with Crippen LogP contribution < -0.4 is 0 Å². The summed E-state index contributed by atoms with van der Waals surface area (Å²) in [6.45, 7) is 7.36. The van der Waals surface area contributed by atoms with Gasteiger partial charge in [-0.2, -0.15) is 5.10 Å². The fourth-order valence-corrected chi connectivity index (χ4v) is 1.66. The molecule has 1 rings (SSSR count). The second-order valence-corrected chi connectivity index (χ2v) is 4.47. The van der Waals surface area contributed by atoms with Crippen LogP contribution in [0.1, 0.15) is 51.8 Å². The summed E-state index contributed by atoms with van der Waals surface area (Å²) in [5.41, 5.74) is 0.956. The summed E-state index contributed by atoms with van der Waals surface area (Å²) in [4.78, 5) is 0. The molecular formula is C12H22N2O. The van der Waals surface area contributed by atoms with Crippen molar-refractivity contribution in [1.82, 2.24) is 9.78 Å². The molecule has 0 amide bonds. The molecule has 0 fully saturated rings. The topological polar surface area (TPSA) is 38.0 Å². The molecule has 1 aromatic rings. The third-order valence-corrected chi connectivity index (χ3v) is 2.54. The minimum absolute atomic E-state index is 0.360. The second kappa shape index (κ2) is 5.91. The van der Waals surface area contributed by atoms with E-state index in [1.165, 1.54) is 0 Å². The van der Waals surface area contributed by atoms with Crippen molar-refractivity contribution >= 4 is 0 Å². The molecule has 0 bridgehead atoms. The van der Waals surface area contributed by atoms with Crippen molar-refractivity contribution in [2.24, 2.45) is 5.92 Å². The van der Waals surface area contributed by atoms with Gasteiger partial charge in [-0.15, -0.1) is 0 Å². The van der Waals surface area contributed by atoms with Crippen molar-refractivity contribution < 1.29 is 5.11 Å². The standard InChI is InChI=1S/C12H22N2O/c1-4-9-14-11(7-8-13-14)12(15)6-5-10(2)3/h7-8,10,12,15H,4-6,9H2,1-3H3. The molecule has 0 saturated heterocycles. The van der Waals surface area contributed by atoms with E-state index in [9.17, 15) is 5.11 Å². The first-order valence-electron chi connectivity index (χ1n) is 5.85. The Morgan fingerprint density at radius 1 is 1.40 bits per heavy atom. The van der Waals surface area contributed by atoms with Crippen LogP contribution in [-0.4, -0.2) is 14.9 Å². The normalized spacial score (nSPS) is 13.4. The van der Waals surface area contributed by atoms with Crippen LogP contribution in [0.5, 0.6) is 0 Å². The molecule has 0 spiro atoms. The van der Waals surface area contributed by atoms with Crippen molar-refractivity contribution in [3.63, 3.8) is 0 Å². The average molecular weight is 210 g/mol. The predicted molar refractivity (Wildman–Crippen MR) is 61.5 cm³/mol. The summed E-state index contributed by atoms with van der Waals surface area (Å²) < 4.78 is 1.91. The highest BCUT2D eigenvalue weighted by Gasteiger charge is 2.12. The summed E-state index contributed by atoms with van der Waals surface area (Å²) >= 11 is 0. The molecule has 1 N–H and O–H groups in total. The lowest BCUT2D eigenvalue weighted by Crippen LogP contribution is -2.09. The second-order valence-electron chi connectivity index (χ2n) is 4.47. The number of hydrogen-bond donors (Lipinski definition) is 1. The molecule has 1 unspecified atom stereocenters. The Balaban J connectivity index is 2.56. The van der Waals surface area contributed by atoms with Gasteiger partial charge in [0.05, 0.1) is 11.8 Å². The van der Waals surface area contributed by atoms with E-state index in [0.29, 0.717) is 5.92 Å². The van der Waals surface area contributed by atoms with Gasteiger partial charge in [0.15, 0.2) is 0 Å². The van der Waals surface area contributed by atoms with E-state index in [1.54, 1.807) is 6.20 Å². The van der Waals surface area contributed by atoms with Crippen molar-refractivity contribution in [3.05, 3.63) is 18.0 Å². The molecule has 3 heteroatoms. The van der Waals surface area contributed by atoms with Crippen LogP contribution in [-0.2, 0) is 6.54 Å². The minimum Gasteiger partial charge on any atom is -0.387 e. The number of aliphatic hydroxyl groups excluding tert-OH is 1. The molecule has 3 nitrogen and oxygen atoms in total. The number of aliphatic hydroxyl groups is 1. The van der Waals surface area contributed by atoms with E-state index in [4.69, 9.17) is 0 Å². The van der Waals surface area contributed by atoms with Crippen LogP contribution in [0.3, 0.4) is 0 Å². The fraction of sp³-hybridized carbons (Fsp3) is 0.750. The quantitative estimate of drug-likeness (QED) is 0.784. The maximum atomic E-state index is 10.0. The van der Waals surface area contributed by atoms with Crippen LogP contribution in [0.25, 0.3) is 0 Å². The van der Waals surface area contributed by atoms with Crippen LogP contribution in [0.15, 0.2) is 12.3 Å². The number of nitrogens with zero attached hydrogens (tertiary/aromatic N) is 2. The summed E-state index contributed by atoms with van der Waals surface area (Å²) in [5.74, 6) is 0.641. The van der Waals surface area contributed by atoms with Gasteiger partial charge in [-0.1, -0.05) is 20.8 Å². The van der Waals surface area contributed by atoms with Gasteiger partial charge in [0.2, 0.25) is 0 Å². The Kier molecular flexibility index (Phi) is 4.82. The molecule has 86 valence electrons. The Labute approximate surface area is 92.1 Å². The van der Waals surface area contributed by atoms with Gasteiger partial charge >= 0.3 is 0 Å². The zero-order valence-corrected chi connectivity index (χ0v) is 9.98. The lowest BCUT2D eigenvalue weighted by Gasteiger charge is -2.14. The van der Waals surface area contributed by atoms with Crippen molar-refractivity contribution in [2.75, 3.05) is 0 Å². The number of aryl methyl sites for hydroxylation is 1. The summed E-state index contributed by atoms with van der Waals surface area (Å²) in [6.07, 6.45) is 4.34. The van der Waals surface area contributed by atoms with Gasteiger partial charge in [0.25, 0.3) is 0 Å². The van der Waals surface area contributed by atoms with Crippen molar-refractivity contribution in [3.8, 4) is 0 Å². The Hall–Kier alpha value is -0.830. The smallest absolute Gasteiger partial charge is 0.0956 e. The van der Waals surface area contributed by atoms with E-state index < -0.39 is 0 Å². The molecule has 1 aromatic heterocycles. The molecule has 0 saturated carbocycles. The molecule has 0 aliphatic heterocycles. The first kappa shape index (κ1) is 12.2. The third-order valence-electron chi connectivity index (χ3n) is 2.54. The van der Waals surface area contributed by atoms with Gasteiger partial charge in [-0.05, 0) is 31.2 Å². The zero-order valence-electron chi connectivity index (χ0n) is 9.98. The summed E-state index contributed by atoms with van der Waals surface area (Å²) in [6, 6.07) is 1.92. The van der Waals surface area contributed by atoms with E-state index in [1.807, 2.05) is 10.7 Å².